The van der Waals surface area contributed by atoms with Gasteiger partial charge in [0.15, 0.2) is 0 Å². The summed E-state index contributed by atoms with van der Waals surface area (Å²) < 4.78 is 0. The van der Waals surface area contributed by atoms with Gasteiger partial charge in [0.2, 0.25) is 0 Å². The lowest BCUT2D eigenvalue weighted by atomic mass is 9.86. The summed E-state index contributed by atoms with van der Waals surface area (Å²) in [5, 5.41) is 1.36. The van der Waals surface area contributed by atoms with E-state index >= 15 is 0 Å². The summed E-state index contributed by atoms with van der Waals surface area (Å²) in [6.07, 6.45) is 6.84. The van der Waals surface area contributed by atoms with E-state index in [0.29, 0.717) is 0 Å². The van der Waals surface area contributed by atoms with Crippen LogP contribution in [0.5, 0.6) is 0 Å². The van der Waals surface area contributed by atoms with Crippen LogP contribution in [0.25, 0.3) is 10.2 Å². The summed E-state index contributed by atoms with van der Waals surface area (Å²) >= 11 is 1.91. The van der Waals surface area contributed by atoms with Crippen LogP contribution < -0.4 is 4.90 Å². The molecule has 0 radical (unpaired) electrons. The van der Waals surface area contributed by atoms with Gasteiger partial charge in [0.25, 0.3) is 0 Å². The van der Waals surface area contributed by atoms with Gasteiger partial charge in [-0.2, -0.15) is 0 Å². The normalized spacial score (nSPS) is 23.0. The van der Waals surface area contributed by atoms with Crippen molar-refractivity contribution in [2.45, 2.75) is 32.6 Å². The first-order chi connectivity index (χ1) is 10.8. The van der Waals surface area contributed by atoms with Crippen molar-refractivity contribution in [1.82, 2.24) is 14.9 Å². The highest BCUT2D eigenvalue weighted by atomic mass is 32.1. The molecule has 0 amide bonds. The molecule has 1 fully saturated rings. The van der Waals surface area contributed by atoms with Crippen LogP contribution in [0.2, 0.25) is 0 Å². The van der Waals surface area contributed by atoms with Crippen LogP contribution >= 0.6 is 11.3 Å². The smallest absolute Gasteiger partial charge is 0.141 e. The number of piperazine rings is 1. The molecule has 2 aromatic heterocycles. The second-order valence-corrected chi connectivity index (χ2v) is 7.77. The van der Waals surface area contributed by atoms with Crippen LogP contribution in [-0.4, -0.2) is 48.1 Å². The van der Waals surface area contributed by atoms with E-state index in [1.165, 1.54) is 41.7 Å². The van der Waals surface area contributed by atoms with Gasteiger partial charge in [0.1, 0.15) is 17.0 Å². The minimum Gasteiger partial charge on any atom is -0.353 e. The molecule has 1 unspecified atom stereocenters. The van der Waals surface area contributed by atoms with Crippen molar-refractivity contribution in [2.24, 2.45) is 5.92 Å². The topological polar surface area (TPSA) is 32.3 Å². The van der Waals surface area contributed by atoms with E-state index in [1.54, 1.807) is 16.8 Å². The summed E-state index contributed by atoms with van der Waals surface area (Å²) in [5.41, 5.74) is 1.55. The average Bonchev–Trinajstić information content (AvgIpc) is 2.93. The Morgan fingerprint density at radius 2 is 2.05 bits per heavy atom. The molecular weight excluding hydrogens is 292 g/mol. The number of hydrogen-bond acceptors (Lipinski definition) is 5. The predicted octanol–water partition coefficient (Wildman–Crippen LogP) is 2.96. The van der Waals surface area contributed by atoms with E-state index in [4.69, 9.17) is 0 Å². The number of rotatable bonds is 2. The SMILES string of the molecule is CCC1CCc2c(sc3ncnc(N4CCN(C)CC4)c23)C1. The Kier molecular flexibility index (Phi) is 3.78. The minimum absolute atomic E-state index is 0.862. The molecule has 0 N–H and O–H groups in total. The molecule has 0 bridgehead atoms. The molecule has 22 heavy (non-hydrogen) atoms. The van der Waals surface area contributed by atoms with E-state index in [-0.39, 0.29) is 0 Å². The monoisotopic (exact) mass is 316 g/mol. The quantitative estimate of drug-likeness (QED) is 0.853. The zero-order valence-electron chi connectivity index (χ0n) is 13.5. The minimum atomic E-state index is 0.862. The van der Waals surface area contributed by atoms with Gasteiger partial charge in [-0.05, 0) is 37.8 Å². The zero-order valence-corrected chi connectivity index (χ0v) is 14.3. The molecule has 5 heteroatoms. The predicted molar refractivity (Wildman–Crippen MR) is 92.9 cm³/mol. The molecule has 0 aromatic carbocycles. The van der Waals surface area contributed by atoms with Crippen LogP contribution in [0.15, 0.2) is 6.33 Å². The van der Waals surface area contributed by atoms with Crippen molar-refractivity contribution in [2.75, 3.05) is 38.1 Å². The lowest BCUT2D eigenvalue weighted by Gasteiger charge is -2.33. The van der Waals surface area contributed by atoms with Crippen molar-refractivity contribution in [1.29, 1.82) is 0 Å². The Balaban J connectivity index is 1.75. The molecule has 1 atom stereocenters. The second kappa shape index (κ2) is 5.78. The van der Waals surface area contributed by atoms with E-state index in [1.807, 2.05) is 11.3 Å². The molecule has 2 aromatic rings. The van der Waals surface area contributed by atoms with Crippen molar-refractivity contribution in [3.05, 3.63) is 16.8 Å². The van der Waals surface area contributed by atoms with E-state index in [9.17, 15) is 0 Å². The van der Waals surface area contributed by atoms with Gasteiger partial charge in [-0.25, -0.2) is 9.97 Å². The lowest BCUT2D eigenvalue weighted by Crippen LogP contribution is -2.44. The molecule has 4 rings (SSSR count). The van der Waals surface area contributed by atoms with Crippen LogP contribution in [0.4, 0.5) is 5.82 Å². The second-order valence-electron chi connectivity index (χ2n) is 6.69. The standard InChI is InChI=1S/C17H24N4S/c1-3-12-4-5-13-14(10-12)22-17-15(13)16(18-11-19-17)21-8-6-20(2)7-9-21/h11-12H,3-10H2,1-2H3. The summed E-state index contributed by atoms with van der Waals surface area (Å²) in [4.78, 5) is 16.9. The molecular formula is C17H24N4S. The number of hydrogen-bond donors (Lipinski definition) is 0. The van der Waals surface area contributed by atoms with Gasteiger partial charge in [-0.3, -0.25) is 0 Å². The maximum Gasteiger partial charge on any atom is 0.141 e. The molecule has 0 saturated carbocycles. The largest absolute Gasteiger partial charge is 0.353 e. The van der Waals surface area contributed by atoms with Crippen molar-refractivity contribution >= 4 is 27.4 Å². The number of nitrogens with zero attached hydrogens (tertiary/aromatic N) is 4. The Bertz CT molecular complexity index is 673. The van der Waals surface area contributed by atoms with E-state index in [2.05, 4.69) is 33.7 Å². The number of fused-ring (bicyclic) bond motifs is 3. The first kappa shape index (κ1) is 14.4. The van der Waals surface area contributed by atoms with Crippen molar-refractivity contribution in [3.8, 4) is 0 Å². The fourth-order valence-corrected chi connectivity index (χ4v) is 5.06. The molecule has 118 valence electrons. The van der Waals surface area contributed by atoms with Crippen molar-refractivity contribution in [3.63, 3.8) is 0 Å². The molecule has 4 nitrogen and oxygen atoms in total. The highest BCUT2D eigenvalue weighted by molar-refractivity contribution is 7.19. The number of anilines is 1. The Labute approximate surface area is 136 Å². The zero-order chi connectivity index (χ0) is 15.1. The van der Waals surface area contributed by atoms with Crippen LogP contribution in [0, 0.1) is 5.92 Å². The summed E-state index contributed by atoms with van der Waals surface area (Å²) in [6, 6.07) is 0. The average molecular weight is 316 g/mol. The molecule has 1 aliphatic carbocycles. The molecule has 1 aliphatic heterocycles. The summed E-state index contributed by atoms with van der Waals surface area (Å²) in [7, 11) is 2.20. The maximum absolute atomic E-state index is 4.68. The van der Waals surface area contributed by atoms with Gasteiger partial charge in [-0.1, -0.05) is 13.3 Å². The number of aryl methyl sites for hydroxylation is 1. The Morgan fingerprint density at radius 3 is 2.82 bits per heavy atom. The summed E-state index contributed by atoms with van der Waals surface area (Å²) in [6.45, 7) is 6.71. The third kappa shape index (κ3) is 2.40. The van der Waals surface area contributed by atoms with Gasteiger partial charge in [-0.15, -0.1) is 11.3 Å². The fraction of sp³-hybridized carbons (Fsp3) is 0.647. The Morgan fingerprint density at radius 1 is 1.23 bits per heavy atom. The summed E-state index contributed by atoms with van der Waals surface area (Å²) in [5.74, 6) is 2.05. The molecule has 0 spiro atoms. The Hall–Kier alpha value is -1.20. The molecule has 1 saturated heterocycles. The van der Waals surface area contributed by atoms with Gasteiger partial charge >= 0.3 is 0 Å². The van der Waals surface area contributed by atoms with E-state index in [0.717, 1.165) is 32.1 Å². The number of thiophene rings is 1. The molecule has 3 heterocycles. The van der Waals surface area contributed by atoms with Gasteiger partial charge in [0, 0.05) is 31.1 Å². The molecule has 2 aliphatic rings. The maximum atomic E-state index is 4.68. The first-order valence-corrected chi connectivity index (χ1v) is 9.26. The third-order valence-electron chi connectivity index (χ3n) is 5.31. The van der Waals surface area contributed by atoms with Crippen LogP contribution in [-0.2, 0) is 12.8 Å². The number of likely N-dealkylation sites (N-methyl/N-ethyl adjacent to an activating group) is 1. The number of aromatic nitrogens is 2. The highest BCUT2D eigenvalue weighted by Gasteiger charge is 2.26. The van der Waals surface area contributed by atoms with E-state index < -0.39 is 0 Å². The lowest BCUT2D eigenvalue weighted by molar-refractivity contribution is 0.312. The van der Waals surface area contributed by atoms with Crippen LogP contribution in [0.1, 0.15) is 30.2 Å². The third-order valence-corrected chi connectivity index (χ3v) is 6.47. The van der Waals surface area contributed by atoms with Crippen LogP contribution in [0.3, 0.4) is 0 Å². The van der Waals surface area contributed by atoms with Gasteiger partial charge in [0.05, 0.1) is 5.39 Å². The highest BCUT2D eigenvalue weighted by Crippen LogP contribution is 2.41. The first-order valence-electron chi connectivity index (χ1n) is 8.45. The van der Waals surface area contributed by atoms with Crippen molar-refractivity contribution < 1.29 is 0 Å². The van der Waals surface area contributed by atoms with Gasteiger partial charge < -0.3 is 9.80 Å². The fourth-order valence-electron chi connectivity index (χ4n) is 3.77.